The topological polar surface area (TPSA) is 3.24 Å². The Bertz CT molecular complexity index is 577. The van der Waals surface area contributed by atoms with Gasteiger partial charge in [0.05, 0.1) is 0 Å². The zero-order valence-electron chi connectivity index (χ0n) is 10.5. The molecule has 18 heavy (non-hydrogen) atoms. The Morgan fingerprint density at radius 1 is 1.06 bits per heavy atom. The SMILES string of the molecule is Cc1ccccc1CN1Cc2cccc(I)c2C1. The van der Waals surface area contributed by atoms with E-state index in [1.807, 2.05) is 0 Å². The maximum atomic E-state index is 2.52. The van der Waals surface area contributed by atoms with Crippen molar-refractivity contribution in [2.75, 3.05) is 0 Å². The van der Waals surface area contributed by atoms with Crippen molar-refractivity contribution in [2.45, 2.75) is 26.6 Å². The van der Waals surface area contributed by atoms with Crippen LogP contribution in [0.5, 0.6) is 0 Å². The van der Waals surface area contributed by atoms with Crippen LogP contribution in [0.3, 0.4) is 0 Å². The lowest BCUT2D eigenvalue weighted by atomic mass is 10.1. The summed E-state index contributed by atoms with van der Waals surface area (Å²) in [6.45, 7) is 5.42. The van der Waals surface area contributed by atoms with Crippen molar-refractivity contribution in [3.05, 3.63) is 68.3 Å². The molecule has 0 aliphatic carbocycles. The molecule has 0 radical (unpaired) electrons. The van der Waals surface area contributed by atoms with Gasteiger partial charge in [-0.2, -0.15) is 0 Å². The second-order valence-corrected chi connectivity index (χ2v) is 6.11. The second-order valence-electron chi connectivity index (χ2n) is 4.95. The molecule has 1 heterocycles. The molecule has 0 bridgehead atoms. The van der Waals surface area contributed by atoms with Crippen LogP contribution in [0.1, 0.15) is 22.3 Å². The summed E-state index contributed by atoms with van der Waals surface area (Å²) >= 11 is 2.45. The summed E-state index contributed by atoms with van der Waals surface area (Å²) in [4.78, 5) is 2.52. The number of aryl methyl sites for hydroxylation is 1. The van der Waals surface area contributed by atoms with Gasteiger partial charge in [-0.25, -0.2) is 0 Å². The van der Waals surface area contributed by atoms with Crippen molar-refractivity contribution in [2.24, 2.45) is 0 Å². The molecule has 2 heteroatoms. The van der Waals surface area contributed by atoms with Gasteiger partial charge in [-0.05, 0) is 57.8 Å². The second kappa shape index (κ2) is 5.02. The average molecular weight is 349 g/mol. The highest BCUT2D eigenvalue weighted by Crippen LogP contribution is 2.28. The molecule has 92 valence electrons. The van der Waals surface area contributed by atoms with E-state index >= 15 is 0 Å². The summed E-state index contributed by atoms with van der Waals surface area (Å²) in [7, 11) is 0. The highest BCUT2D eigenvalue weighted by Gasteiger charge is 2.20. The number of hydrogen-bond acceptors (Lipinski definition) is 1. The summed E-state index contributed by atoms with van der Waals surface area (Å²) in [5.41, 5.74) is 5.85. The monoisotopic (exact) mass is 349 g/mol. The molecule has 1 aliphatic heterocycles. The van der Waals surface area contributed by atoms with E-state index in [0.29, 0.717) is 0 Å². The van der Waals surface area contributed by atoms with Gasteiger partial charge in [0, 0.05) is 23.2 Å². The first-order valence-corrected chi connectivity index (χ1v) is 7.35. The van der Waals surface area contributed by atoms with E-state index in [1.54, 1.807) is 0 Å². The minimum Gasteiger partial charge on any atom is -0.291 e. The van der Waals surface area contributed by atoms with Gasteiger partial charge in [0.25, 0.3) is 0 Å². The summed E-state index contributed by atoms with van der Waals surface area (Å²) in [5, 5.41) is 0. The van der Waals surface area contributed by atoms with Crippen molar-refractivity contribution in [1.82, 2.24) is 4.90 Å². The van der Waals surface area contributed by atoms with Gasteiger partial charge in [-0.15, -0.1) is 0 Å². The zero-order valence-corrected chi connectivity index (χ0v) is 12.6. The largest absolute Gasteiger partial charge is 0.291 e. The molecule has 0 unspecified atom stereocenters. The number of fused-ring (bicyclic) bond motifs is 1. The molecule has 2 aromatic rings. The Hall–Kier alpha value is -0.870. The van der Waals surface area contributed by atoms with Crippen molar-refractivity contribution in [3.8, 4) is 0 Å². The number of hydrogen-bond donors (Lipinski definition) is 0. The fraction of sp³-hybridized carbons (Fsp3) is 0.250. The number of benzene rings is 2. The fourth-order valence-corrected chi connectivity index (χ4v) is 3.31. The van der Waals surface area contributed by atoms with Crippen molar-refractivity contribution in [1.29, 1.82) is 0 Å². The van der Waals surface area contributed by atoms with Crippen LogP contribution >= 0.6 is 22.6 Å². The quantitative estimate of drug-likeness (QED) is 0.738. The lowest BCUT2D eigenvalue weighted by molar-refractivity contribution is 0.274. The first kappa shape index (κ1) is 12.2. The molecular weight excluding hydrogens is 333 g/mol. The molecule has 0 aromatic heterocycles. The van der Waals surface area contributed by atoms with E-state index in [-0.39, 0.29) is 0 Å². The summed E-state index contributed by atoms with van der Waals surface area (Å²) in [6, 6.07) is 15.3. The average Bonchev–Trinajstić information content (AvgIpc) is 2.76. The predicted octanol–water partition coefficient (Wildman–Crippen LogP) is 4.12. The molecule has 0 saturated carbocycles. The van der Waals surface area contributed by atoms with Gasteiger partial charge >= 0.3 is 0 Å². The summed E-state index contributed by atoms with van der Waals surface area (Å²) in [5.74, 6) is 0. The Morgan fingerprint density at radius 3 is 2.67 bits per heavy atom. The van der Waals surface area contributed by atoms with E-state index < -0.39 is 0 Å². The van der Waals surface area contributed by atoms with Gasteiger partial charge in [0.15, 0.2) is 0 Å². The first-order chi connectivity index (χ1) is 8.74. The normalized spacial score (nSPS) is 14.8. The Labute approximate surface area is 122 Å². The lowest BCUT2D eigenvalue weighted by Gasteiger charge is -2.16. The molecule has 0 N–H and O–H groups in total. The molecule has 0 fully saturated rings. The van der Waals surface area contributed by atoms with Crippen LogP contribution < -0.4 is 0 Å². The Morgan fingerprint density at radius 2 is 1.89 bits per heavy atom. The fourth-order valence-electron chi connectivity index (χ4n) is 2.59. The Balaban J connectivity index is 1.79. The number of rotatable bonds is 2. The van der Waals surface area contributed by atoms with Crippen LogP contribution in [-0.4, -0.2) is 4.90 Å². The smallest absolute Gasteiger partial charge is 0.0254 e. The van der Waals surface area contributed by atoms with Gasteiger partial charge in [-0.1, -0.05) is 36.4 Å². The third kappa shape index (κ3) is 2.31. The van der Waals surface area contributed by atoms with Crippen LogP contribution in [0.25, 0.3) is 0 Å². The van der Waals surface area contributed by atoms with Gasteiger partial charge in [0.2, 0.25) is 0 Å². The number of nitrogens with zero attached hydrogens (tertiary/aromatic N) is 1. The zero-order chi connectivity index (χ0) is 12.5. The molecule has 3 rings (SSSR count). The maximum absolute atomic E-state index is 2.52. The van der Waals surface area contributed by atoms with Crippen LogP contribution in [0.2, 0.25) is 0 Å². The molecule has 0 amide bonds. The molecular formula is C16H16IN. The van der Waals surface area contributed by atoms with Crippen LogP contribution in [0, 0.1) is 10.5 Å². The molecule has 2 aromatic carbocycles. The van der Waals surface area contributed by atoms with E-state index in [4.69, 9.17) is 0 Å². The molecule has 0 atom stereocenters. The molecule has 0 spiro atoms. The van der Waals surface area contributed by atoms with Crippen LogP contribution in [0.4, 0.5) is 0 Å². The Kier molecular flexibility index (Phi) is 3.39. The first-order valence-electron chi connectivity index (χ1n) is 6.27. The van der Waals surface area contributed by atoms with Crippen molar-refractivity contribution in [3.63, 3.8) is 0 Å². The summed E-state index contributed by atoms with van der Waals surface area (Å²) < 4.78 is 1.40. The van der Waals surface area contributed by atoms with E-state index in [9.17, 15) is 0 Å². The van der Waals surface area contributed by atoms with Gasteiger partial charge < -0.3 is 0 Å². The van der Waals surface area contributed by atoms with Crippen molar-refractivity contribution < 1.29 is 0 Å². The molecule has 1 nitrogen and oxygen atoms in total. The minimum absolute atomic E-state index is 1.05. The minimum atomic E-state index is 1.05. The standard InChI is InChI=1S/C16H16IN/c1-12-5-2-3-6-13(12)9-18-10-14-7-4-8-16(17)15(14)11-18/h2-8H,9-11H2,1H3. The third-order valence-corrected chi connectivity index (χ3v) is 4.66. The maximum Gasteiger partial charge on any atom is 0.0254 e. The van der Waals surface area contributed by atoms with E-state index in [2.05, 4.69) is 76.9 Å². The van der Waals surface area contributed by atoms with Crippen LogP contribution in [-0.2, 0) is 19.6 Å². The van der Waals surface area contributed by atoms with Gasteiger partial charge in [0.1, 0.15) is 0 Å². The number of halogens is 1. The van der Waals surface area contributed by atoms with E-state index in [0.717, 1.165) is 19.6 Å². The van der Waals surface area contributed by atoms with Crippen LogP contribution in [0.15, 0.2) is 42.5 Å². The summed E-state index contributed by atoms with van der Waals surface area (Å²) in [6.07, 6.45) is 0. The predicted molar refractivity (Wildman–Crippen MR) is 83.3 cm³/mol. The lowest BCUT2D eigenvalue weighted by Crippen LogP contribution is -2.16. The molecule has 0 saturated heterocycles. The molecule has 1 aliphatic rings. The highest BCUT2D eigenvalue weighted by atomic mass is 127. The van der Waals surface area contributed by atoms with Gasteiger partial charge in [-0.3, -0.25) is 4.90 Å². The van der Waals surface area contributed by atoms with Crippen molar-refractivity contribution >= 4 is 22.6 Å². The van der Waals surface area contributed by atoms with E-state index in [1.165, 1.54) is 25.8 Å². The highest BCUT2D eigenvalue weighted by molar-refractivity contribution is 14.1. The third-order valence-electron chi connectivity index (χ3n) is 3.65.